The van der Waals surface area contributed by atoms with E-state index in [1.54, 1.807) is 0 Å². The molecule has 24 heavy (non-hydrogen) atoms. The van der Waals surface area contributed by atoms with Crippen LogP contribution in [0.15, 0.2) is 28.8 Å². The molecule has 2 aromatic rings. The SMILES string of the molecule is CC(C)(C)c1noc(C2CC(=O)N(C3CCc4ccccc43)C2)n1. The largest absolute Gasteiger partial charge is 0.339 e. The molecule has 5 nitrogen and oxygen atoms in total. The van der Waals surface area contributed by atoms with Gasteiger partial charge in [-0.15, -0.1) is 0 Å². The molecule has 2 aliphatic rings. The van der Waals surface area contributed by atoms with Crippen molar-refractivity contribution in [2.24, 2.45) is 0 Å². The van der Waals surface area contributed by atoms with Gasteiger partial charge >= 0.3 is 0 Å². The molecule has 0 N–H and O–H groups in total. The Hall–Kier alpha value is -2.17. The van der Waals surface area contributed by atoms with E-state index < -0.39 is 0 Å². The summed E-state index contributed by atoms with van der Waals surface area (Å²) in [5.74, 6) is 1.50. The van der Waals surface area contributed by atoms with Gasteiger partial charge in [0, 0.05) is 18.4 Å². The maximum Gasteiger partial charge on any atom is 0.232 e. The number of rotatable bonds is 2. The first-order valence-corrected chi connectivity index (χ1v) is 8.65. The summed E-state index contributed by atoms with van der Waals surface area (Å²) in [4.78, 5) is 19.2. The van der Waals surface area contributed by atoms with Crippen LogP contribution in [0.3, 0.4) is 0 Å². The Balaban J connectivity index is 1.55. The molecule has 0 spiro atoms. The van der Waals surface area contributed by atoms with Crippen LogP contribution >= 0.6 is 0 Å². The van der Waals surface area contributed by atoms with Crippen molar-refractivity contribution in [3.05, 3.63) is 47.1 Å². The number of fused-ring (bicyclic) bond motifs is 1. The van der Waals surface area contributed by atoms with Crippen molar-refractivity contribution in [1.82, 2.24) is 15.0 Å². The summed E-state index contributed by atoms with van der Waals surface area (Å²) in [6.07, 6.45) is 2.52. The molecule has 0 radical (unpaired) electrons. The first-order chi connectivity index (χ1) is 11.4. The quantitative estimate of drug-likeness (QED) is 0.849. The van der Waals surface area contributed by atoms with Crippen LogP contribution in [0.4, 0.5) is 0 Å². The second kappa shape index (κ2) is 5.43. The number of aromatic nitrogens is 2. The molecule has 1 fully saturated rings. The van der Waals surface area contributed by atoms with Gasteiger partial charge in [0.05, 0.1) is 12.0 Å². The van der Waals surface area contributed by atoms with Crippen LogP contribution in [0, 0.1) is 0 Å². The zero-order valence-corrected chi connectivity index (χ0v) is 14.5. The first-order valence-electron chi connectivity index (χ1n) is 8.65. The topological polar surface area (TPSA) is 59.2 Å². The minimum absolute atomic E-state index is 0.00821. The van der Waals surface area contributed by atoms with E-state index >= 15 is 0 Å². The molecule has 1 aromatic heterocycles. The highest BCUT2D eigenvalue weighted by Gasteiger charge is 2.40. The smallest absolute Gasteiger partial charge is 0.232 e. The summed E-state index contributed by atoms with van der Waals surface area (Å²) >= 11 is 0. The third-order valence-corrected chi connectivity index (χ3v) is 5.10. The monoisotopic (exact) mass is 325 g/mol. The number of hydrogen-bond acceptors (Lipinski definition) is 4. The Morgan fingerprint density at radius 1 is 1.25 bits per heavy atom. The lowest BCUT2D eigenvalue weighted by Crippen LogP contribution is -2.28. The van der Waals surface area contributed by atoms with Crippen molar-refractivity contribution in [1.29, 1.82) is 0 Å². The Kier molecular flexibility index (Phi) is 3.48. The number of likely N-dealkylation sites (tertiary alicyclic amines) is 1. The number of hydrogen-bond donors (Lipinski definition) is 0. The average molecular weight is 325 g/mol. The highest BCUT2D eigenvalue weighted by atomic mass is 16.5. The summed E-state index contributed by atoms with van der Waals surface area (Å²) in [7, 11) is 0. The van der Waals surface area contributed by atoms with Gasteiger partial charge in [0.15, 0.2) is 5.82 Å². The molecule has 126 valence electrons. The van der Waals surface area contributed by atoms with E-state index in [4.69, 9.17) is 4.52 Å². The van der Waals surface area contributed by atoms with Crippen LogP contribution in [0.25, 0.3) is 0 Å². The molecule has 1 aliphatic heterocycles. The summed E-state index contributed by atoms with van der Waals surface area (Å²) in [5, 5.41) is 4.10. The van der Waals surface area contributed by atoms with Crippen LogP contribution in [0.1, 0.15) is 68.4 Å². The molecule has 0 bridgehead atoms. The Morgan fingerprint density at radius 3 is 2.79 bits per heavy atom. The molecular formula is C19H23N3O2. The molecule has 2 atom stereocenters. The van der Waals surface area contributed by atoms with Crippen LogP contribution < -0.4 is 0 Å². The number of aryl methyl sites for hydroxylation is 1. The first kappa shape index (κ1) is 15.4. The molecule has 5 heteroatoms. The highest BCUT2D eigenvalue weighted by molar-refractivity contribution is 5.80. The van der Waals surface area contributed by atoms with E-state index in [1.807, 2.05) is 4.90 Å². The molecule has 4 rings (SSSR count). The number of carbonyl (C=O) groups excluding carboxylic acids is 1. The van der Waals surface area contributed by atoms with Crippen LogP contribution in [-0.2, 0) is 16.6 Å². The van der Waals surface area contributed by atoms with E-state index in [0.717, 1.165) is 12.8 Å². The minimum Gasteiger partial charge on any atom is -0.339 e. The van der Waals surface area contributed by atoms with Crippen molar-refractivity contribution in [3.63, 3.8) is 0 Å². The van der Waals surface area contributed by atoms with Crippen molar-refractivity contribution < 1.29 is 9.32 Å². The molecule has 0 saturated carbocycles. The summed E-state index contributed by atoms with van der Waals surface area (Å²) < 4.78 is 5.46. The lowest BCUT2D eigenvalue weighted by atomic mass is 9.96. The Morgan fingerprint density at radius 2 is 2.04 bits per heavy atom. The normalized spacial score (nSPS) is 23.8. The van der Waals surface area contributed by atoms with Gasteiger partial charge in [-0.1, -0.05) is 50.2 Å². The molecule has 2 heterocycles. The predicted octanol–water partition coefficient (Wildman–Crippen LogP) is 3.37. The number of carbonyl (C=O) groups is 1. The second-order valence-corrected chi connectivity index (χ2v) is 7.91. The van der Waals surface area contributed by atoms with Crippen LogP contribution in [0.5, 0.6) is 0 Å². The van der Waals surface area contributed by atoms with Gasteiger partial charge in [-0.2, -0.15) is 4.98 Å². The van der Waals surface area contributed by atoms with E-state index in [1.165, 1.54) is 11.1 Å². The third kappa shape index (κ3) is 2.52. The van der Waals surface area contributed by atoms with Crippen molar-refractivity contribution in [2.45, 2.75) is 57.4 Å². The number of nitrogens with zero attached hydrogens (tertiary/aromatic N) is 3. The molecule has 1 saturated heterocycles. The lowest BCUT2D eigenvalue weighted by molar-refractivity contribution is -0.129. The predicted molar refractivity (Wildman–Crippen MR) is 89.6 cm³/mol. The Labute approximate surface area is 142 Å². The maximum absolute atomic E-state index is 12.6. The van der Waals surface area contributed by atoms with Crippen molar-refractivity contribution >= 4 is 5.91 Å². The fourth-order valence-corrected chi connectivity index (χ4v) is 3.76. The molecule has 1 amide bonds. The van der Waals surface area contributed by atoms with Crippen molar-refractivity contribution in [3.8, 4) is 0 Å². The molecule has 1 aliphatic carbocycles. The molecule has 1 aromatic carbocycles. The highest BCUT2D eigenvalue weighted by Crippen LogP contribution is 2.40. The fourth-order valence-electron chi connectivity index (χ4n) is 3.76. The second-order valence-electron chi connectivity index (χ2n) is 7.91. The van der Waals surface area contributed by atoms with Gasteiger partial charge in [0.1, 0.15) is 0 Å². The molecular weight excluding hydrogens is 302 g/mol. The zero-order chi connectivity index (χ0) is 16.9. The van der Waals surface area contributed by atoms with Crippen LogP contribution in [-0.4, -0.2) is 27.5 Å². The van der Waals surface area contributed by atoms with E-state index in [-0.39, 0.29) is 23.3 Å². The third-order valence-electron chi connectivity index (χ3n) is 5.10. The maximum atomic E-state index is 12.6. The average Bonchev–Trinajstić information content (AvgIpc) is 3.23. The Bertz CT molecular complexity index is 775. The van der Waals surface area contributed by atoms with Crippen molar-refractivity contribution in [2.75, 3.05) is 6.54 Å². The van der Waals surface area contributed by atoms with Gasteiger partial charge < -0.3 is 9.42 Å². The lowest BCUT2D eigenvalue weighted by Gasteiger charge is -2.25. The number of benzene rings is 1. The van der Waals surface area contributed by atoms with Gasteiger partial charge in [-0.25, -0.2) is 0 Å². The van der Waals surface area contributed by atoms with Gasteiger partial charge in [0.25, 0.3) is 0 Å². The van der Waals surface area contributed by atoms with E-state index in [2.05, 4.69) is 55.2 Å². The fraction of sp³-hybridized carbons (Fsp3) is 0.526. The van der Waals surface area contributed by atoms with Crippen LogP contribution in [0.2, 0.25) is 0 Å². The zero-order valence-electron chi connectivity index (χ0n) is 14.5. The summed E-state index contributed by atoms with van der Waals surface area (Å²) in [5.41, 5.74) is 2.52. The summed E-state index contributed by atoms with van der Waals surface area (Å²) in [6.45, 7) is 6.85. The van der Waals surface area contributed by atoms with Gasteiger partial charge in [-0.05, 0) is 24.0 Å². The standard InChI is InChI=1S/C19H23N3O2/c1-19(2,3)18-20-17(24-21-18)13-10-16(23)22(11-13)15-9-8-12-6-4-5-7-14(12)15/h4-7,13,15H,8-11H2,1-3H3. The minimum atomic E-state index is -0.144. The number of amides is 1. The van der Waals surface area contributed by atoms with Gasteiger partial charge in [0.2, 0.25) is 11.8 Å². The summed E-state index contributed by atoms with van der Waals surface area (Å²) in [6, 6.07) is 8.65. The van der Waals surface area contributed by atoms with Gasteiger partial charge in [-0.3, -0.25) is 4.79 Å². The van der Waals surface area contributed by atoms with E-state index in [9.17, 15) is 4.79 Å². The van der Waals surface area contributed by atoms with E-state index in [0.29, 0.717) is 24.7 Å². The molecule has 2 unspecified atom stereocenters.